The van der Waals surface area contributed by atoms with Crippen molar-refractivity contribution < 1.29 is 5.11 Å². The van der Waals surface area contributed by atoms with Crippen LogP contribution in [0, 0.1) is 13.8 Å². The number of aromatic nitrogens is 2. The van der Waals surface area contributed by atoms with Crippen molar-refractivity contribution in [1.82, 2.24) is 9.78 Å². The molecule has 1 N–H and O–H groups in total. The van der Waals surface area contributed by atoms with Gasteiger partial charge in [-0.25, -0.2) is 0 Å². The Kier molecular flexibility index (Phi) is 4.25. The number of hydrogen-bond donors (Lipinski definition) is 1. The highest BCUT2D eigenvalue weighted by Gasteiger charge is 2.19. The van der Waals surface area contributed by atoms with Crippen LogP contribution in [0.2, 0.25) is 0 Å². The SMILES string of the molecule is CCn1nc(C)c(Br)c1CC(O)c1sccc1C. The number of hydrogen-bond acceptors (Lipinski definition) is 3. The van der Waals surface area contributed by atoms with Crippen LogP contribution in [-0.2, 0) is 13.0 Å². The van der Waals surface area contributed by atoms with Crippen LogP contribution in [0.15, 0.2) is 15.9 Å². The molecule has 5 heteroatoms. The molecule has 0 amide bonds. The predicted molar refractivity (Wildman–Crippen MR) is 78.1 cm³/mol. The van der Waals surface area contributed by atoms with Crippen molar-refractivity contribution in [3.05, 3.63) is 37.7 Å². The lowest BCUT2D eigenvalue weighted by molar-refractivity contribution is 0.178. The lowest BCUT2D eigenvalue weighted by Crippen LogP contribution is -2.08. The maximum atomic E-state index is 10.3. The summed E-state index contributed by atoms with van der Waals surface area (Å²) in [6.45, 7) is 6.89. The Morgan fingerprint density at radius 3 is 2.78 bits per heavy atom. The third-order valence-electron chi connectivity index (χ3n) is 3.04. The van der Waals surface area contributed by atoms with Crippen LogP contribution >= 0.6 is 27.3 Å². The van der Waals surface area contributed by atoms with E-state index in [1.54, 1.807) is 11.3 Å². The second kappa shape index (κ2) is 5.55. The monoisotopic (exact) mass is 328 g/mol. The maximum absolute atomic E-state index is 10.3. The van der Waals surface area contributed by atoms with Crippen molar-refractivity contribution in [2.45, 2.75) is 39.8 Å². The van der Waals surface area contributed by atoms with Crippen LogP contribution in [0.25, 0.3) is 0 Å². The number of rotatable bonds is 4. The summed E-state index contributed by atoms with van der Waals surface area (Å²) in [4.78, 5) is 1.04. The van der Waals surface area contributed by atoms with Gasteiger partial charge in [0.05, 0.1) is 22.0 Å². The zero-order chi connectivity index (χ0) is 13.3. The minimum atomic E-state index is -0.456. The molecule has 3 nitrogen and oxygen atoms in total. The second-order valence-electron chi connectivity index (χ2n) is 4.35. The highest BCUT2D eigenvalue weighted by Crippen LogP contribution is 2.30. The molecule has 0 radical (unpaired) electrons. The first-order valence-corrected chi connectivity index (χ1v) is 7.65. The first-order chi connectivity index (χ1) is 8.54. The fourth-order valence-corrected chi connectivity index (χ4v) is 3.42. The summed E-state index contributed by atoms with van der Waals surface area (Å²) in [7, 11) is 0. The van der Waals surface area contributed by atoms with Crippen LogP contribution in [0.5, 0.6) is 0 Å². The zero-order valence-corrected chi connectivity index (χ0v) is 13.2. The lowest BCUT2D eigenvalue weighted by Gasteiger charge is -2.12. The van der Waals surface area contributed by atoms with Gasteiger partial charge in [0, 0.05) is 17.8 Å². The third-order valence-corrected chi connectivity index (χ3v) is 5.20. The maximum Gasteiger partial charge on any atom is 0.0940 e. The average Bonchev–Trinajstić information content (AvgIpc) is 2.87. The molecule has 0 saturated carbocycles. The van der Waals surface area contributed by atoms with Crippen molar-refractivity contribution in [2.75, 3.05) is 0 Å². The van der Waals surface area contributed by atoms with E-state index in [9.17, 15) is 5.11 Å². The van der Waals surface area contributed by atoms with Gasteiger partial charge in [-0.05, 0) is 53.7 Å². The van der Waals surface area contributed by atoms with E-state index in [-0.39, 0.29) is 0 Å². The van der Waals surface area contributed by atoms with Gasteiger partial charge in [0.15, 0.2) is 0 Å². The molecule has 0 aromatic carbocycles. The summed E-state index contributed by atoms with van der Waals surface area (Å²) in [6.07, 6.45) is 0.138. The molecule has 0 spiro atoms. The summed E-state index contributed by atoms with van der Waals surface area (Å²) >= 11 is 5.17. The van der Waals surface area contributed by atoms with Gasteiger partial charge in [0.1, 0.15) is 0 Å². The molecule has 2 heterocycles. The average molecular weight is 329 g/mol. The predicted octanol–water partition coefficient (Wildman–Crippen LogP) is 3.62. The third kappa shape index (κ3) is 2.53. The largest absolute Gasteiger partial charge is 0.387 e. The molecule has 0 aliphatic rings. The summed E-state index contributed by atoms with van der Waals surface area (Å²) in [5, 5.41) is 16.8. The zero-order valence-electron chi connectivity index (χ0n) is 10.8. The van der Waals surface area contributed by atoms with E-state index in [1.807, 2.05) is 30.0 Å². The first kappa shape index (κ1) is 13.8. The minimum absolute atomic E-state index is 0.456. The Morgan fingerprint density at radius 1 is 1.50 bits per heavy atom. The Balaban J connectivity index is 2.27. The molecule has 0 aliphatic heterocycles. The molecule has 2 rings (SSSR count). The summed E-state index contributed by atoms with van der Waals surface area (Å²) in [6, 6.07) is 2.04. The number of aliphatic hydroxyl groups excluding tert-OH is 1. The number of thiophene rings is 1. The van der Waals surface area contributed by atoms with Gasteiger partial charge in [-0.3, -0.25) is 4.68 Å². The lowest BCUT2D eigenvalue weighted by atomic mass is 10.1. The number of nitrogens with zero attached hydrogens (tertiary/aromatic N) is 2. The molecule has 0 bridgehead atoms. The van der Waals surface area contributed by atoms with E-state index < -0.39 is 6.10 Å². The number of aliphatic hydroxyl groups is 1. The molecule has 18 heavy (non-hydrogen) atoms. The highest BCUT2D eigenvalue weighted by molar-refractivity contribution is 9.10. The minimum Gasteiger partial charge on any atom is -0.387 e. The molecule has 98 valence electrons. The Labute approximate surface area is 120 Å². The molecule has 2 aromatic heterocycles. The van der Waals surface area contributed by atoms with Crippen LogP contribution < -0.4 is 0 Å². The van der Waals surface area contributed by atoms with E-state index in [1.165, 1.54) is 0 Å². The van der Waals surface area contributed by atoms with E-state index in [0.717, 1.165) is 32.8 Å². The van der Waals surface area contributed by atoms with Gasteiger partial charge < -0.3 is 5.11 Å². The molecule has 0 saturated heterocycles. The Bertz CT molecular complexity index is 547. The quantitative estimate of drug-likeness (QED) is 0.930. The van der Waals surface area contributed by atoms with Crippen LogP contribution in [0.1, 0.15) is 34.9 Å². The van der Waals surface area contributed by atoms with E-state index >= 15 is 0 Å². The molecule has 2 aromatic rings. The molecular weight excluding hydrogens is 312 g/mol. The molecular formula is C13H17BrN2OS. The molecule has 1 atom stereocenters. The number of halogens is 1. The van der Waals surface area contributed by atoms with Gasteiger partial charge in [-0.15, -0.1) is 11.3 Å². The van der Waals surface area contributed by atoms with Crippen molar-refractivity contribution >= 4 is 27.3 Å². The Hall–Kier alpha value is -0.650. The standard InChI is InChI=1S/C13H17BrN2OS/c1-4-16-10(12(14)9(3)15-16)7-11(17)13-8(2)5-6-18-13/h5-6,11,17H,4,7H2,1-3H3. The van der Waals surface area contributed by atoms with Gasteiger partial charge in [0.25, 0.3) is 0 Å². The van der Waals surface area contributed by atoms with Crippen molar-refractivity contribution in [3.8, 4) is 0 Å². The van der Waals surface area contributed by atoms with Crippen molar-refractivity contribution in [1.29, 1.82) is 0 Å². The van der Waals surface area contributed by atoms with Crippen molar-refractivity contribution in [3.63, 3.8) is 0 Å². The van der Waals surface area contributed by atoms with Crippen LogP contribution in [0.4, 0.5) is 0 Å². The first-order valence-electron chi connectivity index (χ1n) is 5.98. The van der Waals surface area contributed by atoms with Gasteiger partial charge in [-0.2, -0.15) is 5.10 Å². The number of aryl methyl sites for hydroxylation is 3. The van der Waals surface area contributed by atoms with E-state index in [0.29, 0.717) is 6.42 Å². The summed E-state index contributed by atoms with van der Waals surface area (Å²) < 4.78 is 2.96. The van der Waals surface area contributed by atoms with E-state index in [2.05, 4.69) is 28.0 Å². The fraction of sp³-hybridized carbons (Fsp3) is 0.462. The fourth-order valence-electron chi connectivity index (χ4n) is 2.07. The topological polar surface area (TPSA) is 38.0 Å². The smallest absolute Gasteiger partial charge is 0.0940 e. The summed E-state index contributed by atoms with van der Waals surface area (Å²) in [5.74, 6) is 0. The normalized spacial score (nSPS) is 12.9. The molecule has 0 aliphatic carbocycles. The summed E-state index contributed by atoms with van der Waals surface area (Å²) in [5.41, 5.74) is 3.19. The van der Waals surface area contributed by atoms with Gasteiger partial charge >= 0.3 is 0 Å². The second-order valence-corrected chi connectivity index (χ2v) is 6.09. The van der Waals surface area contributed by atoms with Crippen LogP contribution in [-0.4, -0.2) is 14.9 Å². The van der Waals surface area contributed by atoms with Gasteiger partial charge in [-0.1, -0.05) is 0 Å². The van der Waals surface area contributed by atoms with Crippen LogP contribution in [0.3, 0.4) is 0 Å². The molecule has 0 fully saturated rings. The van der Waals surface area contributed by atoms with E-state index in [4.69, 9.17) is 0 Å². The highest BCUT2D eigenvalue weighted by atomic mass is 79.9. The Morgan fingerprint density at radius 2 is 2.22 bits per heavy atom. The molecule has 1 unspecified atom stereocenters. The van der Waals surface area contributed by atoms with Gasteiger partial charge in [0.2, 0.25) is 0 Å². The van der Waals surface area contributed by atoms with Crippen molar-refractivity contribution in [2.24, 2.45) is 0 Å².